The summed E-state index contributed by atoms with van der Waals surface area (Å²) in [5, 5.41) is 4.26. The monoisotopic (exact) mass is 411 g/mol. The lowest BCUT2D eigenvalue weighted by atomic mass is 10.0. The molecule has 4 heterocycles. The molecular weight excluding hydrogens is 390 g/mol. The number of nitrogens with zero attached hydrogens (tertiary/aromatic N) is 4. The number of rotatable bonds is 5. The minimum absolute atomic E-state index is 0.00392. The molecular formula is C24H21N5S. The number of hydrogen-bond acceptors (Lipinski definition) is 3. The largest absolute Gasteiger partial charge is 0.352 e. The molecule has 5 nitrogen and oxygen atoms in total. The molecule has 5 rings (SSSR count). The summed E-state index contributed by atoms with van der Waals surface area (Å²) >= 11 is 5.80. The van der Waals surface area contributed by atoms with Crippen molar-refractivity contribution in [2.24, 2.45) is 0 Å². The van der Waals surface area contributed by atoms with Crippen molar-refractivity contribution in [1.82, 2.24) is 24.8 Å². The fourth-order valence-corrected chi connectivity index (χ4v) is 4.36. The molecule has 148 valence electrons. The van der Waals surface area contributed by atoms with E-state index in [1.807, 2.05) is 48.9 Å². The quantitative estimate of drug-likeness (QED) is 0.492. The van der Waals surface area contributed by atoms with E-state index >= 15 is 0 Å². The molecule has 0 aliphatic carbocycles. The van der Waals surface area contributed by atoms with E-state index in [0.717, 1.165) is 28.7 Å². The van der Waals surface area contributed by atoms with Gasteiger partial charge in [0, 0.05) is 42.7 Å². The lowest BCUT2D eigenvalue weighted by molar-refractivity contribution is 0.302. The molecule has 0 amide bonds. The lowest BCUT2D eigenvalue weighted by Crippen LogP contribution is -2.30. The van der Waals surface area contributed by atoms with Crippen LogP contribution in [0.1, 0.15) is 29.0 Å². The number of nitrogens with one attached hydrogen (secondary N) is 1. The summed E-state index contributed by atoms with van der Waals surface area (Å²) in [5.41, 5.74) is 4.42. The molecule has 0 unspecified atom stereocenters. The van der Waals surface area contributed by atoms with Gasteiger partial charge in [0.15, 0.2) is 5.11 Å². The predicted molar refractivity (Wildman–Crippen MR) is 121 cm³/mol. The molecule has 0 radical (unpaired) electrons. The first kappa shape index (κ1) is 18.5. The van der Waals surface area contributed by atoms with Gasteiger partial charge in [-0.2, -0.15) is 0 Å². The molecule has 1 aromatic carbocycles. The van der Waals surface area contributed by atoms with Crippen LogP contribution in [0.5, 0.6) is 0 Å². The maximum atomic E-state index is 5.80. The Bertz CT molecular complexity index is 1130. The van der Waals surface area contributed by atoms with Crippen molar-refractivity contribution in [3.63, 3.8) is 0 Å². The molecule has 1 fully saturated rings. The first-order valence-corrected chi connectivity index (χ1v) is 10.3. The van der Waals surface area contributed by atoms with Gasteiger partial charge in [0.1, 0.15) is 0 Å². The van der Waals surface area contributed by atoms with Gasteiger partial charge in [0.25, 0.3) is 0 Å². The van der Waals surface area contributed by atoms with Crippen molar-refractivity contribution < 1.29 is 0 Å². The molecule has 3 aromatic heterocycles. The zero-order chi connectivity index (χ0) is 20.3. The highest BCUT2D eigenvalue weighted by molar-refractivity contribution is 7.80. The summed E-state index contributed by atoms with van der Waals surface area (Å²) in [6.07, 6.45) is 7.55. The SMILES string of the molecule is S=C1N[C@H](c2ccccn2)[C@@H](c2cccn2-c2ccncc2)N1Cc1ccccc1. The molecule has 1 N–H and O–H groups in total. The summed E-state index contributed by atoms with van der Waals surface area (Å²) in [7, 11) is 0. The molecule has 1 aliphatic heterocycles. The van der Waals surface area contributed by atoms with Gasteiger partial charge in [-0.25, -0.2) is 0 Å². The van der Waals surface area contributed by atoms with Gasteiger partial charge in [-0.05, 0) is 54.2 Å². The second kappa shape index (κ2) is 8.08. The van der Waals surface area contributed by atoms with E-state index in [0.29, 0.717) is 0 Å². The van der Waals surface area contributed by atoms with E-state index in [2.05, 4.69) is 73.4 Å². The van der Waals surface area contributed by atoms with Crippen molar-refractivity contribution in [3.8, 4) is 5.69 Å². The van der Waals surface area contributed by atoms with E-state index in [1.54, 1.807) is 0 Å². The zero-order valence-corrected chi connectivity index (χ0v) is 17.1. The number of hydrogen-bond donors (Lipinski definition) is 1. The second-order valence-corrected chi connectivity index (χ2v) is 7.64. The summed E-state index contributed by atoms with van der Waals surface area (Å²) < 4.78 is 2.20. The first-order chi connectivity index (χ1) is 14.8. The van der Waals surface area contributed by atoms with Crippen LogP contribution in [0, 0.1) is 0 Å². The number of benzene rings is 1. The third-order valence-electron chi connectivity index (χ3n) is 5.42. The molecule has 1 saturated heterocycles. The van der Waals surface area contributed by atoms with E-state index in [-0.39, 0.29) is 12.1 Å². The molecule has 2 atom stereocenters. The Balaban J connectivity index is 1.60. The Labute approximate surface area is 181 Å². The first-order valence-electron chi connectivity index (χ1n) is 9.91. The van der Waals surface area contributed by atoms with Gasteiger partial charge in [0.2, 0.25) is 0 Å². The Hall–Kier alpha value is -3.51. The smallest absolute Gasteiger partial charge is 0.170 e. The molecule has 1 aliphatic rings. The van der Waals surface area contributed by atoms with E-state index < -0.39 is 0 Å². The average molecular weight is 412 g/mol. The highest BCUT2D eigenvalue weighted by Crippen LogP contribution is 2.40. The van der Waals surface area contributed by atoms with Crippen molar-refractivity contribution in [2.45, 2.75) is 18.6 Å². The van der Waals surface area contributed by atoms with Gasteiger partial charge in [-0.15, -0.1) is 0 Å². The van der Waals surface area contributed by atoms with Gasteiger partial charge in [0.05, 0.1) is 17.8 Å². The summed E-state index contributed by atoms with van der Waals surface area (Å²) in [6.45, 7) is 0.724. The summed E-state index contributed by atoms with van der Waals surface area (Å²) in [4.78, 5) is 11.1. The number of aromatic nitrogens is 3. The van der Waals surface area contributed by atoms with E-state index in [1.165, 1.54) is 5.56 Å². The maximum Gasteiger partial charge on any atom is 0.170 e. The summed E-state index contributed by atoms with van der Waals surface area (Å²) in [6, 6.07) is 24.7. The highest BCUT2D eigenvalue weighted by Gasteiger charge is 2.41. The van der Waals surface area contributed by atoms with E-state index in [9.17, 15) is 0 Å². The van der Waals surface area contributed by atoms with Crippen LogP contribution in [0.2, 0.25) is 0 Å². The topological polar surface area (TPSA) is 46.0 Å². The fourth-order valence-electron chi connectivity index (χ4n) is 4.05. The normalized spacial score (nSPS) is 18.4. The van der Waals surface area contributed by atoms with Crippen LogP contribution in [-0.2, 0) is 6.54 Å². The van der Waals surface area contributed by atoms with Crippen LogP contribution in [0.3, 0.4) is 0 Å². The third kappa shape index (κ3) is 3.46. The minimum Gasteiger partial charge on any atom is -0.352 e. The van der Waals surface area contributed by atoms with Crippen LogP contribution < -0.4 is 5.32 Å². The maximum absolute atomic E-state index is 5.80. The van der Waals surface area contributed by atoms with Crippen LogP contribution >= 0.6 is 12.2 Å². The van der Waals surface area contributed by atoms with Gasteiger partial charge < -0.3 is 14.8 Å². The molecule has 0 saturated carbocycles. The predicted octanol–water partition coefficient (Wildman–Crippen LogP) is 4.44. The molecule has 0 spiro atoms. The Morgan fingerprint density at radius 2 is 1.67 bits per heavy atom. The van der Waals surface area contributed by atoms with Crippen molar-refractivity contribution in [1.29, 1.82) is 0 Å². The van der Waals surface area contributed by atoms with Crippen molar-refractivity contribution in [2.75, 3.05) is 0 Å². The fraction of sp³-hybridized carbons (Fsp3) is 0.125. The summed E-state index contributed by atoms with van der Waals surface area (Å²) in [5.74, 6) is 0. The molecule has 6 heteroatoms. The third-order valence-corrected chi connectivity index (χ3v) is 5.77. The molecule has 30 heavy (non-hydrogen) atoms. The van der Waals surface area contributed by atoms with Gasteiger partial charge in [-0.3, -0.25) is 9.97 Å². The van der Waals surface area contributed by atoms with E-state index in [4.69, 9.17) is 12.2 Å². The average Bonchev–Trinajstić information content (AvgIpc) is 3.40. The Kier molecular flexibility index (Phi) is 4.99. The second-order valence-electron chi connectivity index (χ2n) is 7.25. The number of pyridine rings is 2. The van der Waals surface area contributed by atoms with Crippen LogP contribution in [0.4, 0.5) is 0 Å². The zero-order valence-electron chi connectivity index (χ0n) is 16.3. The van der Waals surface area contributed by atoms with Crippen LogP contribution in [0.25, 0.3) is 5.69 Å². The standard InChI is InChI=1S/C24H21N5S/c30-24-27-22(20-9-4-5-13-26-20)23(29(24)17-18-7-2-1-3-8-18)21-10-6-16-28(21)19-11-14-25-15-12-19/h1-16,22-23H,17H2,(H,27,30)/t22-,23-/m1/s1. The van der Waals surface area contributed by atoms with Crippen LogP contribution in [-0.4, -0.2) is 24.5 Å². The number of thiocarbonyl (C=S) groups is 1. The van der Waals surface area contributed by atoms with Crippen molar-refractivity contribution >= 4 is 17.3 Å². The van der Waals surface area contributed by atoms with Gasteiger partial charge in [-0.1, -0.05) is 36.4 Å². The Morgan fingerprint density at radius 1 is 0.867 bits per heavy atom. The van der Waals surface area contributed by atoms with Gasteiger partial charge >= 0.3 is 0 Å². The lowest BCUT2D eigenvalue weighted by Gasteiger charge is -2.29. The Morgan fingerprint density at radius 3 is 2.43 bits per heavy atom. The highest BCUT2D eigenvalue weighted by atomic mass is 32.1. The van der Waals surface area contributed by atoms with Crippen LogP contribution in [0.15, 0.2) is 97.6 Å². The van der Waals surface area contributed by atoms with Crippen molar-refractivity contribution in [3.05, 3.63) is 115 Å². The molecule has 4 aromatic rings. The molecule has 0 bridgehead atoms. The minimum atomic E-state index is -0.0436.